The van der Waals surface area contributed by atoms with Crippen LogP contribution >= 0.6 is 11.8 Å². The molecule has 1 amide bonds. The van der Waals surface area contributed by atoms with Crippen molar-refractivity contribution in [1.29, 1.82) is 0 Å². The highest BCUT2D eigenvalue weighted by atomic mass is 32.2. The Labute approximate surface area is 159 Å². The monoisotopic (exact) mass is 384 g/mol. The summed E-state index contributed by atoms with van der Waals surface area (Å²) in [5, 5.41) is 0. The SMILES string of the molecule is CC(C)CN(C(=O)CSC(C)(C)C)c1c(N)n(CC(C)C)c(=O)[nH]c1=O. The number of aromatic nitrogens is 2. The van der Waals surface area contributed by atoms with E-state index in [0.29, 0.717) is 13.1 Å². The molecule has 26 heavy (non-hydrogen) atoms. The maximum absolute atomic E-state index is 12.9. The second kappa shape index (κ2) is 8.79. The summed E-state index contributed by atoms with van der Waals surface area (Å²) >= 11 is 1.51. The molecule has 0 aromatic carbocycles. The third kappa shape index (κ3) is 6.23. The van der Waals surface area contributed by atoms with E-state index in [-0.39, 0.29) is 39.7 Å². The summed E-state index contributed by atoms with van der Waals surface area (Å²) in [6.45, 7) is 14.6. The molecule has 1 aromatic heterocycles. The molecule has 0 aliphatic carbocycles. The summed E-state index contributed by atoms with van der Waals surface area (Å²) in [6, 6.07) is 0. The Balaban J connectivity index is 3.40. The lowest BCUT2D eigenvalue weighted by Crippen LogP contribution is -2.44. The van der Waals surface area contributed by atoms with Crippen molar-refractivity contribution < 1.29 is 4.79 Å². The average Bonchev–Trinajstić information content (AvgIpc) is 2.46. The Hall–Kier alpha value is -1.70. The maximum atomic E-state index is 12.9. The minimum absolute atomic E-state index is 0.0437. The number of carbonyl (C=O) groups is 1. The van der Waals surface area contributed by atoms with Crippen LogP contribution in [-0.4, -0.2) is 32.5 Å². The molecule has 0 saturated heterocycles. The van der Waals surface area contributed by atoms with Crippen LogP contribution in [0.25, 0.3) is 0 Å². The fourth-order valence-corrected chi connectivity index (χ4v) is 3.14. The molecule has 0 atom stereocenters. The number of nitrogens with one attached hydrogen (secondary N) is 1. The van der Waals surface area contributed by atoms with Crippen molar-refractivity contribution in [3.05, 3.63) is 20.8 Å². The first-order chi connectivity index (χ1) is 11.8. The van der Waals surface area contributed by atoms with E-state index >= 15 is 0 Å². The van der Waals surface area contributed by atoms with Gasteiger partial charge < -0.3 is 10.6 Å². The Kier molecular flexibility index (Phi) is 7.56. The first-order valence-electron chi connectivity index (χ1n) is 8.90. The molecular formula is C18H32N4O3S. The highest BCUT2D eigenvalue weighted by Crippen LogP contribution is 2.25. The van der Waals surface area contributed by atoms with Crippen molar-refractivity contribution in [3.8, 4) is 0 Å². The highest BCUT2D eigenvalue weighted by molar-refractivity contribution is 8.01. The second-order valence-electron chi connectivity index (χ2n) is 8.30. The van der Waals surface area contributed by atoms with Gasteiger partial charge >= 0.3 is 5.69 Å². The minimum atomic E-state index is -0.623. The van der Waals surface area contributed by atoms with E-state index in [1.165, 1.54) is 21.2 Å². The predicted molar refractivity (Wildman–Crippen MR) is 110 cm³/mol. The van der Waals surface area contributed by atoms with Crippen LogP contribution in [0.1, 0.15) is 48.5 Å². The largest absolute Gasteiger partial charge is 0.383 e. The van der Waals surface area contributed by atoms with E-state index in [9.17, 15) is 14.4 Å². The fourth-order valence-electron chi connectivity index (χ4n) is 2.42. The van der Waals surface area contributed by atoms with Crippen molar-refractivity contribution in [2.75, 3.05) is 22.9 Å². The van der Waals surface area contributed by atoms with Gasteiger partial charge in [0.2, 0.25) is 5.91 Å². The van der Waals surface area contributed by atoms with Gasteiger partial charge in [-0.15, -0.1) is 11.8 Å². The van der Waals surface area contributed by atoms with E-state index in [1.54, 1.807) is 0 Å². The standard InChI is InChI=1S/C18H32N4O3S/c1-11(2)8-21(13(23)10-26-18(5,6)7)14-15(19)22(9-12(3)4)17(25)20-16(14)24/h11-12H,8-10,19H2,1-7H3,(H,20,24,25). The van der Waals surface area contributed by atoms with Crippen LogP contribution < -0.4 is 21.9 Å². The maximum Gasteiger partial charge on any atom is 0.330 e. The molecule has 0 spiro atoms. The van der Waals surface area contributed by atoms with Crippen LogP contribution in [0, 0.1) is 11.8 Å². The first kappa shape index (κ1) is 22.3. The molecule has 0 radical (unpaired) electrons. The lowest BCUT2D eigenvalue weighted by Gasteiger charge is -2.27. The Bertz CT molecular complexity index is 744. The summed E-state index contributed by atoms with van der Waals surface area (Å²) in [5.41, 5.74) is 5.07. The van der Waals surface area contributed by atoms with Gasteiger partial charge in [0.15, 0.2) is 5.69 Å². The number of hydrogen-bond donors (Lipinski definition) is 2. The number of carbonyl (C=O) groups excluding carboxylic acids is 1. The number of nitrogens with zero attached hydrogens (tertiary/aromatic N) is 2. The van der Waals surface area contributed by atoms with E-state index in [2.05, 4.69) is 4.98 Å². The Morgan fingerprint density at radius 2 is 1.77 bits per heavy atom. The summed E-state index contributed by atoms with van der Waals surface area (Å²) in [5.74, 6) is 0.397. The van der Waals surface area contributed by atoms with Crippen molar-refractivity contribution in [1.82, 2.24) is 9.55 Å². The fraction of sp³-hybridized carbons (Fsp3) is 0.722. The third-order valence-electron chi connectivity index (χ3n) is 3.51. The van der Waals surface area contributed by atoms with Gasteiger partial charge in [-0.1, -0.05) is 48.5 Å². The summed E-state index contributed by atoms with van der Waals surface area (Å²) in [6.07, 6.45) is 0. The number of amides is 1. The summed E-state index contributed by atoms with van der Waals surface area (Å²) < 4.78 is 1.26. The molecule has 1 heterocycles. The van der Waals surface area contributed by atoms with E-state index in [1.807, 2.05) is 48.5 Å². The number of nitrogens with two attached hydrogens (primary N) is 1. The molecule has 7 nitrogen and oxygen atoms in total. The number of rotatable bonds is 7. The molecule has 1 aromatic rings. The number of nitrogen functional groups attached to an aromatic ring is 1. The topological polar surface area (TPSA) is 101 Å². The van der Waals surface area contributed by atoms with Crippen LogP contribution in [0.2, 0.25) is 0 Å². The zero-order valence-corrected chi connectivity index (χ0v) is 17.7. The quantitative estimate of drug-likeness (QED) is 0.751. The number of aromatic amines is 1. The zero-order chi connectivity index (χ0) is 20.2. The van der Waals surface area contributed by atoms with Crippen LogP contribution in [0.5, 0.6) is 0 Å². The van der Waals surface area contributed by atoms with Gasteiger partial charge in [-0.25, -0.2) is 4.79 Å². The van der Waals surface area contributed by atoms with Gasteiger partial charge in [0.05, 0.1) is 5.75 Å². The smallest absolute Gasteiger partial charge is 0.330 e. The lowest BCUT2D eigenvalue weighted by atomic mass is 10.2. The summed E-state index contributed by atoms with van der Waals surface area (Å²) in [4.78, 5) is 41.2. The Morgan fingerprint density at radius 3 is 2.23 bits per heavy atom. The van der Waals surface area contributed by atoms with Gasteiger partial charge in [0.1, 0.15) is 5.82 Å². The minimum Gasteiger partial charge on any atom is -0.383 e. The molecule has 0 aliphatic heterocycles. The number of H-pyrrole nitrogens is 1. The first-order valence-corrected chi connectivity index (χ1v) is 9.89. The molecule has 0 unspecified atom stereocenters. The molecular weight excluding hydrogens is 352 g/mol. The van der Waals surface area contributed by atoms with Gasteiger partial charge in [-0.2, -0.15) is 0 Å². The van der Waals surface area contributed by atoms with Crippen molar-refractivity contribution in [2.24, 2.45) is 11.8 Å². The van der Waals surface area contributed by atoms with Gasteiger partial charge in [-0.3, -0.25) is 19.1 Å². The van der Waals surface area contributed by atoms with Crippen LogP contribution in [-0.2, 0) is 11.3 Å². The van der Waals surface area contributed by atoms with E-state index in [0.717, 1.165) is 0 Å². The molecule has 1 rings (SSSR count). The predicted octanol–water partition coefficient (Wildman–Crippen LogP) is 2.30. The number of anilines is 2. The second-order valence-corrected chi connectivity index (χ2v) is 10.1. The van der Waals surface area contributed by atoms with E-state index in [4.69, 9.17) is 5.73 Å². The lowest BCUT2D eigenvalue weighted by molar-refractivity contribution is -0.116. The number of thioether (sulfide) groups is 1. The highest BCUT2D eigenvalue weighted by Gasteiger charge is 2.26. The van der Waals surface area contributed by atoms with Gasteiger partial charge in [0, 0.05) is 17.8 Å². The molecule has 0 fully saturated rings. The van der Waals surface area contributed by atoms with Crippen LogP contribution in [0.4, 0.5) is 11.5 Å². The van der Waals surface area contributed by atoms with Crippen LogP contribution in [0.15, 0.2) is 9.59 Å². The molecule has 148 valence electrons. The molecule has 8 heteroatoms. The van der Waals surface area contributed by atoms with E-state index < -0.39 is 11.2 Å². The van der Waals surface area contributed by atoms with Gasteiger partial charge in [0.25, 0.3) is 5.56 Å². The summed E-state index contributed by atoms with van der Waals surface area (Å²) in [7, 11) is 0. The average molecular weight is 385 g/mol. The molecule has 0 bridgehead atoms. The molecule has 3 N–H and O–H groups in total. The van der Waals surface area contributed by atoms with Gasteiger partial charge in [-0.05, 0) is 11.8 Å². The molecule has 0 saturated carbocycles. The van der Waals surface area contributed by atoms with Crippen molar-refractivity contribution >= 4 is 29.2 Å². The van der Waals surface area contributed by atoms with Crippen molar-refractivity contribution in [2.45, 2.75) is 59.8 Å². The Morgan fingerprint density at radius 1 is 1.19 bits per heavy atom. The third-order valence-corrected chi connectivity index (χ3v) is 4.77. The normalized spacial score (nSPS) is 12.0. The molecule has 0 aliphatic rings. The van der Waals surface area contributed by atoms with Crippen molar-refractivity contribution in [3.63, 3.8) is 0 Å². The zero-order valence-electron chi connectivity index (χ0n) is 16.9. The van der Waals surface area contributed by atoms with Crippen LogP contribution in [0.3, 0.4) is 0 Å². The number of hydrogen-bond acceptors (Lipinski definition) is 5.